The van der Waals surface area contributed by atoms with Crippen molar-refractivity contribution in [3.05, 3.63) is 0 Å². The molecule has 5 nitrogen and oxygen atoms in total. The van der Waals surface area contributed by atoms with Crippen LogP contribution in [0.4, 0.5) is 0 Å². The summed E-state index contributed by atoms with van der Waals surface area (Å²) in [4.78, 5) is 14.5. The first kappa shape index (κ1) is 13.5. The van der Waals surface area contributed by atoms with Gasteiger partial charge in [0, 0.05) is 19.4 Å². The fourth-order valence-electron chi connectivity index (χ4n) is 0.843. The van der Waals surface area contributed by atoms with Gasteiger partial charge < -0.3 is 16.6 Å². The predicted octanol–water partition coefficient (Wildman–Crippen LogP) is -0.193. The molecule has 0 saturated heterocycles. The minimum atomic E-state index is -0.900. The summed E-state index contributed by atoms with van der Waals surface area (Å²) in [6.07, 6.45) is 0.878. The maximum atomic E-state index is 10.6. The SMILES string of the molecule is CC(N)=NCCC#CCC(CN)C(=O)O. The summed E-state index contributed by atoms with van der Waals surface area (Å²) in [6.45, 7) is 2.38. The molecule has 5 N–H and O–H groups in total. The Morgan fingerprint density at radius 3 is 2.67 bits per heavy atom. The highest BCUT2D eigenvalue weighted by atomic mass is 16.4. The number of carbonyl (C=O) groups is 1. The molecule has 0 aromatic heterocycles. The lowest BCUT2D eigenvalue weighted by Crippen LogP contribution is -2.22. The first-order chi connectivity index (χ1) is 7.07. The van der Waals surface area contributed by atoms with Crippen molar-refractivity contribution < 1.29 is 9.90 Å². The van der Waals surface area contributed by atoms with Crippen molar-refractivity contribution in [1.29, 1.82) is 0 Å². The molecule has 0 aromatic carbocycles. The van der Waals surface area contributed by atoms with Crippen molar-refractivity contribution >= 4 is 11.8 Å². The summed E-state index contributed by atoms with van der Waals surface area (Å²) in [5.74, 6) is 4.66. The topological polar surface area (TPSA) is 102 Å². The van der Waals surface area contributed by atoms with E-state index in [1.165, 1.54) is 0 Å². The van der Waals surface area contributed by atoms with Gasteiger partial charge in [-0.25, -0.2) is 0 Å². The molecule has 0 fully saturated rings. The number of rotatable bonds is 5. The molecule has 0 aliphatic carbocycles. The van der Waals surface area contributed by atoms with Crippen molar-refractivity contribution in [2.75, 3.05) is 13.1 Å². The third kappa shape index (κ3) is 7.52. The normalized spacial score (nSPS) is 12.8. The summed E-state index contributed by atoms with van der Waals surface area (Å²) >= 11 is 0. The lowest BCUT2D eigenvalue weighted by Gasteiger charge is -2.02. The van der Waals surface area contributed by atoms with Gasteiger partial charge in [0.1, 0.15) is 0 Å². The van der Waals surface area contributed by atoms with Crippen molar-refractivity contribution in [1.82, 2.24) is 0 Å². The Labute approximate surface area is 89.6 Å². The minimum absolute atomic E-state index is 0.115. The maximum absolute atomic E-state index is 10.6. The van der Waals surface area contributed by atoms with Crippen LogP contribution in [0.5, 0.6) is 0 Å². The van der Waals surface area contributed by atoms with Crippen molar-refractivity contribution in [3.8, 4) is 11.8 Å². The number of nitrogens with two attached hydrogens (primary N) is 2. The first-order valence-electron chi connectivity index (χ1n) is 4.73. The minimum Gasteiger partial charge on any atom is -0.481 e. The Hall–Kier alpha value is -1.54. The number of aliphatic imine (C=N–C) groups is 1. The summed E-state index contributed by atoms with van der Waals surface area (Å²) in [6, 6.07) is 0. The molecule has 0 aliphatic rings. The van der Waals surface area contributed by atoms with Crippen LogP contribution in [0, 0.1) is 17.8 Å². The van der Waals surface area contributed by atoms with Gasteiger partial charge in [-0.05, 0) is 6.92 Å². The lowest BCUT2D eigenvalue weighted by atomic mass is 10.1. The number of hydrogen-bond donors (Lipinski definition) is 3. The Bertz CT molecular complexity index is 285. The number of aliphatic carboxylic acids is 1. The molecule has 0 aliphatic heterocycles. The molecule has 1 atom stereocenters. The van der Waals surface area contributed by atoms with Crippen LogP contribution in [-0.4, -0.2) is 30.0 Å². The zero-order valence-electron chi connectivity index (χ0n) is 8.86. The summed E-state index contributed by atoms with van der Waals surface area (Å²) in [5.41, 5.74) is 10.6. The molecular formula is C10H17N3O2. The second-order valence-corrected chi connectivity index (χ2v) is 3.10. The van der Waals surface area contributed by atoms with E-state index in [-0.39, 0.29) is 13.0 Å². The van der Waals surface area contributed by atoms with Crippen LogP contribution in [0.2, 0.25) is 0 Å². The largest absolute Gasteiger partial charge is 0.481 e. The highest BCUT2D eigenvalue weighted by Crippen LogP contribution is 1.98. The molecular weight excluding hydrogens is 194 g/mol. The predicted molar refractivity (Wildman–Crippen MR) is 59.4 cm³/mol. The number of carboxylic acid groups (broad SMARTS) is 1. The second-order valence-electron chi connectivity index (χ2n) is 3.10. The first-order valence-corrected chi connectivity index (χ1v) is 4.73. The van der Waals surface area contributed by atoms with Gasteiger partial charge in [0.15, 0.2) is 0 Å². The van der Waals surface area contributed by atoms with E-state index >= 15 is 0 Å². The number of carboxylic acids is 1. The Morgan fingerprint density at radius 2 is 2.20 bits per heavy atom. The summed E-state index contributed by atoms with van der Waals surface area (Å²) in [5, 5.41) is 8.66. The summed E-state index contributed by atoms with van der Waals surface area (Å²) in [7, 11) is 0. The van der Waals surface area contributed by atoms with E-state index in [2.05, 4.69) is 16.8 Å². The molecule has 0 heterocycles. The van der Waals surface area contributed by atoms with Crippen molar-refractivity contribution in [2.45, 2.75) is 19.8 Å². The molecule has 15 heavy (non-hydrogen) atoms. The van der Waals surface area contributed by atoms with E-state index in [0.717, 1.165) is 0 Å². The molecule has 84 valence electrons. The second kappa shape index (κ2) is 7.83. The fraction of sp³-hybridized carbons (Fsp3) is 0.600. The molecule has 5 heteroatoms. The fourth-order valence-corrected chi connectivity index (χ4v) is 0.843. The molecule has 0 aromatic rings. The lowest BCUT2D eigenvalue weighted by molar-refractivity contribution is -0.141. The van der Waals surface area contributed by atoms with Crippen LogP contribution in [-0.2, 0) is 4.79 Å². The van der Waals surface area contributed by atoms with E-state index in [0.29, 0.717) is 18.8 Å². The average molecular weight is 211 g/mol. The van der Waals surface area contributed by atoms with E-state index in [1.807, 2.05) is 0 Å². The van der Waals surface area contributed by atoms with Gasteiger partial charge in [0.05, 0.1) is 18.3 Å². The van der Waals surface area contributed by atoms with Crippen molar-refractivity contribution in [3.63, 3.8) is 0 Å². The van der Waals surface area contributed by atoms with Gasteiger partial charge in [0.2, 0.25) is 0 Å². The van der Waals surface area contributed by atoms with Gasteiger partial charge in [-0.2, -0.15) is 0 Å². The third-order valence-corrected chi connectivity index (χ3v) is 1.71. The van der Waals surface area contributed by atoms with E-state index in [4.69, 9.17) is 16.6 Å². The average Bonchev–Trinajstić information content (AvgIpc) is 2.15. The number of hydrogen-bond acceptors (Lipinski definition) is 3. The van der Waals surface area contributed by atoms with Gasteiger partial charge in [-0.15, -0.1) is 11.8 Å². The van der Waals surface area contributed by atoms with Gasteiger partial charge >= 0.3 is 5.97 Å². The van der Waals surface area contributed by atoms with Crippen LogP contribution in [0.1, 0.15) is 19.8 Å². The van der Waals surface area contributed by atoms with E-state index in [9.17, 15) is 4.79 Å². The standard InChI is InChI=1S/C10H17N3O2/c1-8(12)13-6-4-2-3-5-9(7-11)10(14)15/h9H,4-7,11H2,1H3,(H2,12,13)(H,14,15). The van der Waals surface area contributed by atoms with E-state index in [1.54, 1.807) is 6.92 Å². The van der Waals surface area contributed by atoms with Crippen LogP contribution in [0.3, 0.4) is 0 Å². The molecule has 0 rings (SSSR count). The molecule has 1 unspecified atom stereocenters. The molecule has 0 amide bonds. The van der Waals surface area contributed by atoms with Crippen LogP contribution >= 0.6 is 0 Å². The maximum Gasteiger partial charge on any atom is 0.308 e. The van der Waals surface area contributed by atoms with Gasteiger partial charge in [-0.3, -0.25) is 9.79 Å². The van der Waals surface area contributed by atoms with Crippen molar-refractivity contribution in [2.24, 2.45) is 22.4 Å². The number of nitrogens with zero attached hydrogens (tertiary/aromatic N) is 1. The Balaban J connectivity index is 3.79. The zero-order chi connectivity index (χ0) is 11.7. The number of amidine groups is 1. The van der Waals surface area contributed by atoms with Crippen LogP contribution in [0.15, 0.2) is 4.99 Å². The van der Waals surface area contributed by atoms with E-state index < -0.39 is 11.9 Å². The Morgan fingerprint density at radius 1 is 1.53 bits per heavy atom. The van der Waals surface area contributed by atoms with Crippen LogP contribution < -0.4 is 11.5 Å². The zero-order valence-corrected chi connectivity index (χ0v) is 8.86. The van der Waals surface area contributed by atoms with Crippen LogP contribution in [0.25, 0.3) is 0 Å². The third-order valence-electron chi connectivity index (χ3n) is 1.71. The monoisotopic (exact) mass is 211 g/mol. The quantitative estimate of drug-likeness (QED) is 0.254. The smallest absolute Gasteiger partial charge is 0.308 e. The highest BCUT2D eigenvalue weighted by molar-refractivity contribution is 5.77. The highest BCUT2D eigenvalue weighted by Gasteiger charge is 2.12. The Kier molecular flexibility index (Phi) is 7.02. The van der Waals surface area contributed by atoms with Gasteiger partial charge in [-0.1, -0.05) is 0 Å². The molecule has 0 spiro atoms. The molecule has 0 radical (unpaired) electrons. The summed E-state index contributed by atoms with van der Waals surface area (Å²) < 4.78 is 0. The molecule has 0 saturated carbocycles. The van der Waals surface area contributed by atoms with Gasteiger partial charge in [0.25, 0.3) is 0 Å². The molecule has 0 bridgehead atoms.